The number of nitrogens with one attached hydrogen (secondary N) is 1. The van der Waals surface area contributed by atoms with Gasteiger partial charge in [0.2, 0.25) is 5.89 Å². The van der Waals surface area contributed by atoms with E-state index >= 15 is 0 Å². The number of rotatable bonds is 3. The first kappa shape index (κ1) is 10.9. The Hall–Kier alpha value is -1.62. The van der Waals surface area contributed by atoms with Crippen molar-refractivity contribution in [2.75, 3.05) is 5.73 Å². The lowest BCUT2D eigenvalue weighted by molar-refractivity contribution is 0.446. The first-order chi connectivity index (χ1) is 7.65. The molecule has 3 N–H and O–H groups in total. The van der Waals surface area contributed by atoms with Gasteiger partial charge < -0.3 is 10.2 Å². The van der Waals surface area contributed by atoms with Crippen LogP contribution >= 0.6 is 12.2 Å². The zero-order chi connectivity index (χ0) is 11.5. The van der Waals surface area contributed by atoms with E-state index in [-0.39, 0.29) is 5.92 Å². The molecular formula is C11H13N3OS. The Morgan fingerprint density at radius 1 is 1.44 bits per heavy atom. The van der Waals surface area contributed by atoms with Crippen LogP contribution < -0.4 is 5.73 Å². The molecule has 0 radical (unpaired) electrons. The second kappa shape index (κ2) is 4.49. The van der Waals surface area contributed by atoms with Gasteiger partial charge in [-0.15, -0.1) is 5.10 Å². The average molecular weight is 235 g/mol. The average Bonchev–Trinajstić information content (AvgIpc) is 2.68. The van der Waals surface area contributed by atoms with E-state index < -0.39 is 0 Å². The number of nitrogens with two attached hydrogens (primary N) is 1. The molecule has 0 aliphatic rings. The van der Waals surface area contributed by atoms with Crippen molar-refractivity contribution < 1.29 is 4.42 Å². The maximum atomic E-state index is 5.62. The van der Waals surface area contributed by atoms with Crippen LogP contribution in [0.2, 0.25) is 0 Å². The first-order valence-corrected chi connectivity index (χ1v) is 5.46. The number of anilines is 1. The maximum absolute atomic E-state index is 5.62. The molecule has 5 heteroatoms. The van der Waals surface area contributed by atoms with E-state index in [2.05, 4.69) is 10.2 Å². The van der Waals surface area contributed by atoms with Crippen molar-refractivity contribution >= 4 is 17.9 Å². The third-order valence-electron chi connectivity index (χ3n) is 2.40. The van der Waals surface area contributed by atoms with Gasteiger partial charge in [-0.3, -0.25) is 0 Å². The summed E-state index contributed by atoms with van der Waals surface area (Å²) in [5, 5.41) is 6.63. The van der Waals surface area contributed by atoms with Crippen LogP contribution in [0.25, 0.3) is 0 Å². The fraction of sp³-hybridized carbons (Fsp3) is 0.273. The van der Waals surface area contributed by atoms with E-state index in [9.17, 15) is 0 Å². The Morgan fingerprint density at radius 3 is 2.69 bits per heavy atom. The monoisotopic (exact) mass is 235 g/mol. The minimum Gasteiger partial charge on any atom is -0.414 e. The predicted octanol–water partition coefficient (Wildman–Crippen LogP) is 2.66. The Balaban J connectivity index is 2.10. The van der Waals surface area contributed by atoms with Gasteiger partial charge in [0, 0.05) is 11.6 Å². The molecule has 0 bridgehead atoms. The lowest BCUT2D eigenvalue weighted by Gasteiger charge is -2.06. The molecule has 2 rings (SSSR count). The Labute approximate surface area is 98.5 Å². The molecule has 1 atom stereocenters. The van der Waals surface area contributed by atoms with Crippen LogP contribution in [0.4, 0.5) is 5.69 Å². The minimum absolute atomic E-state index is 0.191. The predicted molar refractivity (Wildman–Crippen MR) is 64.7 cm³/mol. The molecule has 0 amide bonds. The van der Waals surface area contributed by atoms with E-state index in [1.165, 1.54) is 5.56 Å². The van der Waals surface area contributed by atoms with Crippen molar-refractivity contribution in [3.05, 3.63) is 40.6 Å². The number of aromatic amines is 1. The Morgan fingerprint density at radius 2 is 2.12 bits per heavy atom. The summed E-state index contributed by atoms with van der Waals surface area (Å²) in [6.07, 6.45) is 0.851. The van der Waals surface area contributed by atoms with Crippen LogP contribution in [-0.4, -0.2) is 10.2 Å². The van der Waals surface area contributed by atoms with Crippen LogP contribution in [0.1, 0.15) is 24.3 Å². The number of hydrogen-bond acceptors (Lipinski definition) is 4. The molecule has 16 heavy (non-hydrogen) atoms. The SMILES string of the molecule is CC(Cc1ccc(N)cc1)c1n[nH]c(=S)o1. The van der Waals surface area contributed by atoms with E-state index in [1.54, 1.807) is 0 Å². The topological polar surface area (TPSA) is 67.8 Å². The smallest absolute Gasteiger partial charge is 0.284 e. The zero-order valence-corrected chi connectivity index (χ0v) is 9.75. The first-order valence-electron chi connectivity index (χ1n) is 5.05. The highest BCUT2D eigenvalue weighted by atomic mass is 32.1. The van der Waals surface area contributed by atoms with Crippen molar-refractivity contribution in [2.24, 2.45) is 0 Å². The number of aromatic nitrogens is 2. The molecule has 0 fully saturated rings. The summed E-state index contributed by atoms with van der Waals surface area (Å²) in [4.78, 5) is 0.319. The summed E-state index contributed by atoms with van der Waals surface area (Å²) in [7, 11) is 0. The molecule has 0 aliphatic heterocycles. The second-order valence-corrected chi connectivity index (χ2v) is 4.17. The van der Waals surface area contributed by atoms with Gasteiger partial charge in [0.15, 0.2) is 0 Å². The fourth-order valence-corrected chi connectivity index (χ4v) is 1.68. The van der Waals surface area contributed by atoms with Crippen molar-refractivity contribution in [2.45, 2.75) is 19.3 Å². The van der Waals surface area contributed by atoms with Gasteiger partial charge in [0.05, 0.1) is 0 Å². The highest BCUT2D eigenvalue weighted by molar-refractivity contribution is 7.71. The van der Waals surface area contributed by atoms with Gasteiger partial charge in [-0.25, -0.2) is 5.10 Å². The van der Waals surface area contributed by atoms with Crippen LogP contribution in [0.15, 0.2) is 28.7 Å². The summed E-state index contributed by atoms with van der Waals surface area (Å²) >= 11 is 4.83. The largest absolute Gasteiger partial charge is 0.414 e. The van der Waals surface area contributed by atoms with Crippen LogP contribution in [-0.2, 0) is 6.42 Å². The number of H-pyrrole nitrogens is 1. The van der Waals surface area contributed by atoms with E-state index in [1.807, 2.05) is 31.2 Å². The van der Waals surface area contributed by atoms with E-state index in [0.717, 1.165) is 12.1 Å². The number of hydrogen-bond donors (Lipinski definition) is 2. The molecule has 1 aromatic carbocycles. The van der Waals surface area contributed by atoms with Crippen LogP contribution in [0.5, 0.6) is 0 Å². The maximum Gasteiger partial charge on any atom is 0.284 e. The molecule has 84 valence electrons. The summed E-state index contributed by atoms with van der Waals surface area (Å²) in [5.74, 6) is 0.832. The molecular weight excluding hydrogens is 222 g/mol. The van der Waals surface area contributed by atoms with Gasteiger partial charge in [0.25, 0.3) is 4.84 Å². The molecule has 1 aromatic heterocycles. The number of nitrogens with zero attached hydrogens (tertiary/aromatic N) is 1. The quantitative estimate of drug-likeness (QED) is 0.634. The normalized spacial score (nSPS) is 12.6. The molecule has 0 aliphatic carbocycles. The molecule has 0 saturated carbocycles. The fourth-order valence-electron chi connectivity index (χ4n) is 1.55. The van der Waals surface area contributed by atoms with Crippen LogP contribution in [0.3, 0.4) is 0 Å². The number of benzene rings is 1. The van der Waals surface area contributed by atoms with E-state index in [4.69, 9.17) is 22.4 Å². The summed E-state index contributed by atoms with van der Waals surface area (Å²) < 4.78 is 5.26. The van der Waals surface area contributed by atoms with Gasteiger partial charge >= 0.3 is 0 Å². The third kappa shape index (κ3) is 2.49. The van der Waals surface area contributed by atoms with Crippen molar-refractivity contribution in [3.8, 4) is 0 Å². The lowest BCUT2D eigenvalue weighted by Crippen LogP contribution is -1.99. The summed E-state index contributed by atoms with van der Waals surface area (Å²) in [6.45, 7) is 2.05. The van der Waals surface area contributed by atoms with Crippen molar-refractivity contribution in [1.29, 1.82) is 0 Å². The summed E-state index contributed by atoms with van der Waals surface area (Å²) in [5.41, 5.74) is 7.59. The Kier molecular flexibility index (Phi) is 3.05. The van der Waals surface area contributed by atoms with Gasteiger partial charge in [0.1, 0.15) is 0 Å². The highest BCUT2D eigenvalue weighted by Gasteiger charge is 2.11. The van der Waals surface area contributed by atoms with Gasteiger partial charge in [-0.05, 0) is 36.3 Å². The summed E-state index contributed by atoms with van der Waals surface area (Å²) in [6, 6.07) is 7.80. The molecule has 1 heterocycles. The van der Waals surface area contributed by atoms with Crippen molar-refractivity contribution in [1.82, 2.24) is 10.2 Å². The van der Waals surface area contributed by atoms with Crippen LogP contribution in [0, 0.1) is 4.84 Å². The zero-order valence-electron chi connectivity index (χ0n) is 8.93. The van der Waals surface area contributed by atoms with Gasteiger partial charge in [-0.1, -0.05) is 19.1 Å². The van der Waals surface area contributed by atoms with Crippen molar-refractivity contribution in [3.63, 3.8) is 0 Å². The van der Waals surface area contributed by atoms with E-state index in [0.29, 0.717) is 10.7 Å². The Bertz CT molecular complexity index is 515. The molecule has 0 saturated heterocycles. The van der Waals surface area contributed by atoms with Gasteiger partial charge in [-0.2, -0.15) is 0 Å². The second-order valence-electron chi connectivity index (χ2n) is 3.80. The molecule has 4 nitrogen and oxygen atoms in total. The highest BCUT2D eigenvalue weighted by Crippen LogP contribution is 2.19. The third-order valence-corrected chi connectivity index (χ3v) is 2.57. The molecule has 2 aromatic rings. The number of nitrogen functional groups attached to an aromatic ring is 1. The lowest BCUT2D eigenvalue weighted by atomic mass is 10.0. The molecule has 0 spiro atoms. The minimum atomic E-state index is 0.191. The standard InChI is InChI=1S/C11H13N3OS/c1-7(10-13-14-11(16)15-10)6-8-2-4-9(12)5-3-8/h2-5,7H,6,12H2,1H3,(H,14,16). The molecule has 1 unspecified atom stereocenters.